The Kier molecular flexibility index (Phi) is 4.64. The first kappa shape index (κ1) is 15.2. The molecule has 0 bridgehead atoms. The molecule has 7 heteroatoms. The van der Waals surface area contributed by atoms with Gasteiger partial charge in [-0.3, -0.25) is 0 Å². The lowest BCUT2D eigenvalue weighted by Crippen LogP contribution is -2.60. The molecule has 4 N–H and O–H groups in total. The van der Waals surface area contributed by atoms with Gasteiger partial charge in [0.05, 0.1) is 17.8 Å². The highest BCUT2D eigenvalue weighted by Gasteiger charge is 2.39. The van der Waals surface area contributed by atoms with Crippen LogP contribution in [0, 0.1) is 0 Å². The van der Waals surface area contributed by atoms with E-state index in [1.165, 1.54) is 7.05 Å². The number of para-hydroxylation sites is 1. The van der Waals surface area contributed by atoms with Crippen molar-refractivity contribution in [3.8, 4) is 0 Å². The van der Waals surface area contributed by atoms with Gasteiger partial charge in [-0.1, -0.05) is 12.1 Å². The summed E-state index contributed by atoms with van der Waals surface area (Å²) in [6.07, 6.45) is 0.812. The van der Waals surface area contributed by atoms with Gasteiger partial charge >= 0.3 is 0 Å². The molecule has 20 heavy (non-hydrogen) atoms. The second-order valence-corrected chi connectivity index (χ2v) is 6.62. The summed E-state index contributed by atoms with van der Waals surface area (Å²) in [6, 6.07) is 6.68. The first-order valence-electron chi connectivity index (χ1n) is 6.66. The van der Waals surface area contributed by atoms with Crippen molar-refractivity contribution in [2.24, 2.45) is 5.73 Å². The number of benzene rings is 1. The normalized spacial score (nSPS) is 26.1. The average molecular weight is 299 g/mol. The van der Waals surface area contributed by atoms with Crippen LogP contribution in [0.3, 0.4) is 0 Å². The molecule has 112 valence electrons. The lowest BCUT2D eigenvalue weighted by molar-refractivity contribution is -0.0126. The lowest BCUT2D eigenvalue weighted by Gasteiger charge is -2.43. The number of nitrogens with two attached hydrogens (primary N) is 1. The fraction of sp³-hybridized carbons (Fsp3) is 0.538. The molecule has 0 amide bonds. The van der Waals surface area contributed by atoms with Crippen LogP contribution < -0.4 is 15.8 Å². The Hall–Kier alpha value is -1.15. The molecule has 1 aromatic rings. The molecule has 1 aliphatic rings. The minimum atomic E-state index is -3.50. The topological polar surface area (TPSA) is 93.4 Å². The summed E-state index contributed by atoms with van der Waals surface area (Å²) in [5.74, 6) is 0. The van der Waals surface area contributed by atoms with E-state index in [1.807, 2.05) is 6.92 Å². The van der Waals surface area contributed by atoms with E-state index in [4.69, 9.17) is 10.5 Å². The van der Waals surface area contributed by atoms with Crippen LogP contribution in [0.5, 0.6) is 0 Å². The van der Waals surface area contributed by atoms with E-state index in [2.05, 4.69) is 10.0 Å². The van der Waals surface area contributed by atoms with Crippen molar-refractivity contribution in [2.45, 2.75) is 36.4 Å². The fourth-order valence-corrected chi connectivity index (χ4v) is 3.23. The van der Waals surface area contributed by atoms with Gasteiger partial charge in [0.2, 0.25) is 10.0 Å². The molecule has 0 aromatic heterocycles. The first-order valence-corrected chi connectivity index (χ1v) is 8.14. The maximum absolute atomic E-state index is 12.0. The molecule has 2 rings (SSSR count). The van der Waals surface area contributed by atoms with Gasteiger partial charge in [-0.2, -0.15) is 0 Å². The molecule has 1 saturated carbocycles. The maximum Gasteiger partial charge on any atom is 0.242 e. The molecule has 0 saturated heterocycles. The average Bonchev–Trinajstić information content (AvgIpc) is 2.45. The van der Waals surface area contributed by atoms with Crippen molar-refractivity contribution in [3.63, 3.8) is 0 Å². The van der Waals surface area contributed by atoms with E-state index in [0.29, 0.717) is 12.3 Å². The van der Waals surface area contributed by atoms with Crippen LogP contribution in [0.4, 0.5) is 5.69 Å². The largest absolute Gasteiger partial charge is 0.377 e. The van der Waals surface area contributed by atoms with Gasteiger partial charge in [0.15, 0.2) is 0 Å². The maximum atomic E-state index is 12.0. The van der Waals surface area contributed by atoms with Crippen LogP contribution >= 0.6 is 0 Å². The van der Waals surface area contributed by atoms with Crippen molar-refractivity contribution >= 4 is 15.7 Å². The van der Waals surface area contributed by atoms with Crippen LogP contribution in [0.15, 0.2) is 29.2 Å². The highest BCUT2D eigenvalue weighted by atomic mass is 32.2. The Balaban J connectivity index is 2.22. The number of hydrogen-bond donors (Lipinski definition) is 3. The van der Waals surface area contributed by atoms with E-state index in [1.54, 1.807) is 24.3 Å². The third kappa shape index (κ3) is 2.95. The fourth-order valence-electron chi connectivity index (χ4n) is 2.34. The predicted octanol–water partition coefficient (Wildman–Crippen LogP) is 0.511. The number of sulfonamides is 1. The Morgan fingerprint density at radius 3 is 2.70 bits per heavy atom. The smallest absolute Gasteiger partial charge is 0.242 e. The zero-order chi connectivity index (χ0) is 14.8. The van der Waals surface area contributed by atoms with Crippen LogP contribution in [0.2, 0.25) is 0 Å². The van der Waals surface area contributed by atoms with Crippen LogP contribution in [0.1, 0.15) is 13.3 Å². The highest BCUT2D eigenvalue weighted by Crippen LogP contribution is 2.29. The number of ether oxygens (including phenoxy) is 1. The highest BCUT2D eigenvalue weighted by molar-refractivity contribution is 7.89. The zero-order valence-electron chi connectivity index (χ0n) is 11.7. The Morgan fingerprint density at radius 1 is 1.40 bits per heavy atom. The summed E-state index contributed by atoms with van der Waals surface area (Å²) >= 11 is 0. The van der Waals surface area contributed by atoms with Gasteiger partial charge in [-0.05, 0) is 32.5 Å². The molecule has 3 unspecified atom stereocenters. The summed E-state index contributed by atoms with van der Waals surface area (Å²) < 4.78 is 31.9. The minimum Gasteiger partial charge on any atom is -0.377 e. The lowest BCUT2D eigenvalue weighted by atomic mass is 9.83. The van der Waals surface area contributed by atoms with E-state index in [0.717, 1.165) is 6.42 Å². The standard InChI is InChI=1S/C13H21N3O3S/c1-3-19-11-8-9(14)13(11)16-10-6-4-5-7-12(10)20(17,18)15-2/h4-7,9,11,13,15-16H,3,8,14H2,1-2H3. The molecule has 1 fully saturated rings. The number of rotatable bonds is 6. The van der Waals surface area contributed by atoms with E-state index in [-0.39, 0.29) is 23.1 Å². The molecule has 3 atom stereocenters. The van der Waals surface area contributed by atoms with Crippen LogP contribution in [-0.4, -0.2) is 40.3 Å². The molecule has 0 spiro atoms. The third-order valence-corrected chi connectivity index (χ3v) is 4.99. The molecule has 0 heterocycles. The molecule has 0 radical (unpaired) electrons. The summed E-state index contributed by atoms with van der Waals surface area (Å²) in [5.41, 5.74) is 6.52. The Morgan fingerprint density at radius 2 is 2.10 bits per heavy atom. The van der Waals surface area contributed by atoms with Crippen molar-refractivity contribution in [1.82, 2.24) is 4.72 Å². The number of anilines is 1. The summed E-state index contributed by atoms with van der Waals surface area (Å²) in [6.45, 7) is 2.55. The molecule has 0 aliphatic heterocycles. The summed E-state index contributed by atoms with van der Waals surface area (Å²) in [5, 5.41) is 3.20. The van der Waals surface area contributed by atoms with E-state index < -0.39 is 10.0 Å². The van der Waals surface area contributed by atoms with Gasteiger partial charge in [-0.25, -0.2) is 13.1 Å². The SMILES string of the molecule is CCOC1CC(N)C1Nc1ccccc1S(=O)(=O)NC. The zero-order valence-corrected chi connectivity index (χ0v) is 12.5. The van der Waals surface area contributed by atoms with Gasteiger partial charge in [0.1, 0.15) is 4.90 Å². The van der Waals surface area contributed by atoms with Crippen LogP contribution in [0.25, 0.3) is 0 Å². The summed E-state index contributed by atoms with van der Waals surface area (Å²) in [4.78, 5) is 0.219. The van der Waals surface area contributed by atoms with Gasteiger partial charge in [0.25, 0.3) is 0 Å². The molecular formula is C13H21N3O3S. The quantitative estimate of drug-likeness (QED) is 0.712. The second kappa shape index (κ2) is 6.09. The predicted molar refractivity (Wildman–Crippen MR) is 78.1 cm³/mol. The molecule has 1 aliphatic carbocycles. The van der Waals surface area contributed by atoms with Gasteiger partial charge in [0, 0.05) is 12.6 Å². The first-order chi connectivity index (χ1) is 9.49. The summed E-state index contributed by atoms with van der Waals surface area (Å²) in [7, 11) is -2.11. The minimum absolute atomic E-state index is 0.0281. The van der Waals surface area contributed by atoms with Crippen molar-refractivity contribution in [1.29, 1.82) is 0 Å². The van der Waals surface area contributed by atoms with Crippen LogP contribution in [-0.2, 0) is 14.8 Å². The number of nitrogens with one attached hydrogen (secondary N) is 2. The van der Waals surface area contributed by atoms with Gasteiger partial charge < -0.3 is 15.8 Å². The Labute approximate surface area is 119 Å². The van der Waals surface area contributed by atoms with Crippen molar-refractivity contribution < 1.29 is 13.2 Å². The molecular weight excluding hydrogens is 278 g/mol. The Bertz CT molecular complexity index is 560. The monoisotopic (exact) mass is 299 g/mol. The van der Waals surface area contributed by atoms with E-state index in [9.17, 15) is 8.42 Å². The second-order valence-electron chi connectivity index (χ2n) is 4.77. The van der Waals surface area contributed by atoms with Crippen molar-refractivity contribution in [3.05, 3.63) is 24.3 Å². The van der Waals surface area contributed by atoms with E-state index >= 15 is 0 Å². The number of hydrogen-bond acceptors (Lipinski definition) is 5. The molecule has 6 nitrogen and oxygen atoms in total. The van der Waals surface area contributed by atoms with Gasteiger partial charge in [-0.15, -0.1) is 0 Å². The third-order valence-electron chi connectivity index (χ3n) is 3.51. The van der Waals surface area contributed by atoms with Crippen molar-refractivity contribution in [2.75, 3.05) is 19.0 Å². The molecule has 1 aromatic carbocycles.